The Hall–Kier alpha value is -2.79. The van der Waals surface area contributed by atoms with Crippen LogP contribution in [-0.2, 0) is 12.0 Å². The van der Waals surface area contributed by atoms with Gasteiger partial charge in [-0.2, -0.15) is 0 Å². The Morgan fingerprint density at radius 1 is 0.964 bits per heavy atom. The monoisotopic (exact) mass is 371 g/mol. The molecule has 1 aliphatic carbocycles. The minimum atomic E-state index is 0.258. The van der Waals surface area contributed by atoms with Crippen LogP contribution in [-0.4, -0.2) is 28.0 Å². The van der Waals surface area contributed by atoms with Crippen LogP contribution in [0.5, 0.6) is 0 Å². The summed E-state index contributed by atoms with van der Waals surface area (Å²) in [7, 11) is 0. The molecule has 5 rings (SSSR count). The van der Waals surface area contributed by atoms with E-state index in [1.165, 1.54) is 16.7 Å². The van der Waals surface area contributed by atoms with Gasteiger partial charge in [0.1, 0.15) is 0 Å². The van der Waals surface area contributed by atoms with Crippen molar-refractivity contribution in [1.29, 1.82) is 0 Å². The Morgan fingerprint density at radius 2 is 1.79 bits per heavy atom. The molecule has 0 amide bonds. The van der Waals surface area contributed by atoms with Crippen LogP contribution in [0.1, 0.15) is 42.0 Å². The molecular weight excluding hydrogens is 346 g/mol. The largest absolute Gasteiger partial charge is 0.341 e. The molecule has 2 aromatic heterocycles. The molecular formula is C23H25N5. The number of hydrogen-bond acceptors (Lipinski definition) is 5. The van der Waals surface area contributed by atoms with E-state index in [1.807, 2.05) is 36.9 Å². The molecule has 1 saturated heterocycles. The molecule has 1 N–H and O–H groups in total. The molecule has 0 radical (unpaired) electrons. The molecule has 1 aliphatic heterocycles. The quantitative estimate of drug-likeness (QED) is 0.759. The van der Waals surface area contributed by atoms with Crippen molar-refractivity contribution in [2.75, 3.05) is 18.0 Å². The highest BCUT2D eigenvalue weighted by Gasteiger charge is 2.45. The molecule has 0 unspecified atom stereocenters. The van der Waals surface area contributed by atoms with E-state index in [1.54, 1.807) is 0 Å². The molecule has 5 nitrogen and oxygen atoms in total. The van der Waals surface area contributed by atoms with Gasteiger partial charge in [-0.25, -0.2) is 9.97 Å². The highest BCUT2D eigenvalue weighted by molar-refractivity contribution is 5.44. The van der Waals surface area contributed by atoms with Gasteiger partial charge >= 0.3 is 0 Å². The number of nitrogens with zero attached hydrogens (tertiary/aromatic N) is 4. The second-order valence-corrected chi connectivity index (χ2v) is 7.90. The van der Waals surface area contributed by atoms with Crippen molar-refractivity contribution in [3.8, 4) is 0 Å². The van der Waals surface area contributed by atoms with E-state index < -0.39 is 0 Å². The summed E-state index contributed by atoms with van der Waals surface area (Å²) in [4.78, 5) is 15.4. The summed E-state index contributed by atoms with van der Waals surface area (Å²) in [6, 6.07) is 15.4. The Labute approximate surface area is 165 Å². The van der Waals surface area contributed by atoms with Crippen LogP contribution in [0.15, 0.2) is 67.3 Å². The van der Waals surface area contributed by atoms with Gasteiger partial charge in [-0.3, -0.25) is 4.98 Å². The lowest BCUT2D eigenvalue weighted by atomic mass is 9.73. The molecule has 1 fully saturated rings. The van der Waals surface area contributed by atoms with E-state index >= 15 is 0 Å². The lowest BCUT2D eigenvalue weighted by Crippen LogP contribution is -2.42. The molecule has 3 aromatic rings. The van der Waals surface area contributed by atoms with E-state index in [-0.39, 0.29) is 5.41 Å². The Bertz CT molecular complexity index is 920. The van der Waals surface area contributed by atoms with Gasteiger partial charge < -0.3 is 10.2 Å². The molecule has 142 valence electrons. The van der Waals surface area contributed by atoms with Crippen LogP contribution in [0.2, 0.25) is 0 Å². The maximum Gasteiger partial charge on any atom is 0.225 e. The fourth-order valence-electron chi connectivity index (χ4n) is 4.88. The number of hydrogen-bond donors (Lipinski definition) is 1. The molecule has 3 heterocycles. The lowest BCUT2D eigenvalue weighted by Gasteiger charge is -2.40. The maximum absolute atomic E-state index is 4.44. The van der Waals surface area contributed by atoms with Crippen LogP contribution in [0, 0.1) is 0 Å². The number of piperidine rings is 1. The average molecular weight is 371 g/mol. The number of nitrogens with one attached hydrogen (secondary N) is 1. The normalized spacial score (nSPS) is 20.3. The fourth-order valence-corrected chi connectivity index (χ4v) is 4.88. The summed E-state index contributed by atoms with van der Waals surface area (Å²) in [6.07, 6.45) is 10.9. The molecule has 0 bridgehead atoms. The van der Waals surface area contributed by atoms with E-state index in [0.717, 1.165) is 44.8 Å². The first-order chi connectivity index (χ1) is 13.8. The summed E-state index contributed by atoms with van der Waals surface area (Å²) in [5.74, 6) is 0.856. The first-order valence-electron chi connectivity index (χ1n) is 10.1. The fraction of sp³-hybridized carbons (Fsp3) is 0.348. The highest BCUT2D eigenvalue weighted by Crippen LogP contribution is 2.50. The molecule has 0 saturated carbocycles. The van der Waals surface area contributed by atoms with Crippen LogP contribution < -0.4 is 10.2 Å². The van der Waals surface area contributed by atoms with Gasteiger partial charge in [0, 0.05) is 55.9 Å². The third-order valence-electron chi connectivity index (χ3n) is 6.33. The van der Waals surface area contributed by atoms with Crippen molar-refractivity contribution in [3.63, 3.8) is 0 Å². The number of anilines is 1. The molecule has 2 aliphatic rings. The number of benzene rings is 1. The minimum absolute atomic E-state index is 0.258. The Balaban J connectivity index is 1.33. The van der Waals surface area contributed by atoms with E-state index in [0.29, 0.717) is 6.04 Å². The van der Waals surface area contributed by atoms with Crippen molar-refractivity contribution in [1.82, 2.24) is 20.3 Å². The van der Waals surface area contributed by atoms with Crippen LogP contribution >= 0.6 is 0 Å². The standard InChI is InChI=1S/C23H25N5/c1-2-7-20-19(6-1)21(27-17-18-5-3-10-24-16-18)15-23(20)8-13-28(14-9-23)22-25-11-4-12-26-22/h1-7,10-12,16,21,27H,8-9,13-15,17H2/t21-/m1/s1. The van der Waals surface area contributed by atoms with Crippen molar-refractivity contribution >= 4 is 5.95 Å². The van der Waals surface area contributed by atoms with Crippen LogP contribution in [0.3, 0.4) is 0 Å². The summed E-state index contributed by atoms with van der Waals surface area (Å²) in [5, 5.41) is 3.79. The van der Waals surface area contributed by atoms with Gasteiger partial charge in [-0.15, -0.1) is 0 Å². The zero-order valence-corrected chi connectivity index (χ0v) is 16.0. The summed E-state index contributed by atoms with van der Waals surface area (Å²) >= 11 is 0. The predicted octanol–water partition coefficient (Wildman–Crippen LogP) is 3.64. The summed E-state index contributed by atoms with van der Waals surface area (Å²) < 4.78 is 0. The third kappa shape index (κ3) is 3.16. The van der Waals surface area contributed by atoms with Crippen molar-refractivity contribution in [2.45, 2.75) is 37.3 Å². The van der Waals surface area contributed by atoms with Crippen LogP contribution in [0.25, 0.3) is 0 Å². The number of pyridine rings is 1. The van der Waals surface area contributed by atoms with Gasteiger partial charge in [0.25, 0.3) is 0 Å². The molecule has 1 aromatic carbocycles. The first kappa shape index (κ1) is 17.3. The number of fused-ring (bicyclic) bond motifs is 2. The topological polar surface area (TPSA) is 53.9 Å². The highest BCUT2D eigenvalue weighted by atomic mass is 15.2. The van der Waals surface area contributed by atoms with Crippen molar-refractivity contribution < 1.29 is 0 Å². The Morgan fingerprint density at radius 3 is 2.57 bits per heavy atom. The van der Waals surface area contributed by atoms with E-state index in [2.05, 4.69) is 55.5 Å². The smallest absolute Gasteiger partial charge is 0.225 e. The molecule has 5 heteroatoms. The SMILES string of the molecule is c1cnc(N2CCC3(CC2)C[C@@H](NCc2cccnc2)c2ccccc23)nc1. The predicted molar refractivity (Wildman–Crippen MR) is 110 cm³/mol. The molecule has 28 heavy (non-hydrogen) atoms. The first-order valence-corrected chi connectivity index (χ1v) is 10.1. The zero-order valence-electron chi connectivity index (χ0n) is 16.0. The third-order valence-corrected chi connectivity index (χ3v) is 6.33. The lowest BCUT2D eigenvalue weighted by molar-refractivity contribution is 0.299. The van der Waals surface area contributed by atoms with Gasteiger partial charge in [0.15, 0.2) is 0 Å². The average Bonchev–Trinajstić information content (AvgIpc) is 3.08. The van der Waals surface area contributed by atoms with Gasteiger partial charge in [0.05, 0.1) is 0 Å². The summed E-state index contributed by atoms with van der Waals surface area (Å²) in [6.45, 7) is 2.87. The number of aromatic nitrogens is 3. The van der Waals surface area contributed by atoms with E-state index in [9.17, 15) is 0 Å². The molecule has 1 spiro atoms. The minimum Gasteiger partial charge on any atom is -0.341 e. The Kier molecular flexibility index (Phi) is 4.53. The number of rotatable bonds is 4. The van der Waals surface area contributed by atoms with Crippen molar-refractivity contribution in [3.05, 3.63) is 83.9 Å². The van der Waals surface area contributed by atoms with E-state index in [4.69, 9.17) is 0 Å². The zero-order chi connectivity index (χ0) is 18.8. The van der Waals surface area contributed by atoms with Crippen LogP contribution in [0.4, 0.5) is 5.95 Å². The summed E-state index contributed by atoms with van der Waals surface area (Å²) in [5.41, 5.74) is 4.49. The maximum atomic E-state index is 4.44. The van der Waals surface area contributed by atoms with Crippen molar-refractivity contribution in [2.24, 2.45) is 0 Å². The second kappa shape index (κ2) is 7.32. The second-order valence-electron chi connectivity index (χ2n) is 7.90. The molecule has 1 atom stereocenters. The van der Waals surface area contributed by atoms with Gasteiger partial charge in [-0.1, -0.05) is 30.3 Å². The van der Waals surface area contributed by atoms with Gasteiger partial charge in [-0.05, 0) is 48.1 Å². The van der Waals surface area contributed by atoms with Gasteiger partial charge in [0.2, 0.25) is 5.95 Å².